The molecule has 0 aromatic rings. The number of aliphatic hydroxyl groups excluding tert-OH is 4. The van der Waals surface area contributed by atoms with Gasteiger partial charge in [0.1, 0.15) is 12.2 Å². The largest absolute Gasteiger partial charge is 0.394 e. The average Bonchev–Trinajstić information content (AvgIpc) is 2.22. The quantitative estimate of drug-likeness (QED) is 0.304. The summed E-state index contributed by atoms with van der Waals surface area (Å²) >= 11 is 0. The van der Waals surface area contributed by atoms with Gasteiger partial charge in [0.25, 0.3) is 0 Å². The van der Waals surface area contributed by atoms with Gasteiger partial charge in [-0.15, -0.1) is 0 Å². The molecule has 0 fully saturated rings. The maximum absolute atomic E-state index is 8.97. The van der Waals surface area contributed by atoms with Crippen LogP contribution in [-0.4, -0.2) is 64.0 Å². The third-order valence-corrected chi connectivity index (χ3v) is 1.92. The summed E-state index contributed by atoms with van der Waals surface area (Å²) in [5.74, 6) is 0. The van der Waals surface area contributed by atoms with E-state index in [1.165, 1.54) is 0 Å². The normalized spacial score (nSPS) is 17.8. The SMILES string of the molecule is OCC(O)COP(O)OCC(O)CO. The Morgan fingerprint density at radius 2 is 1.29 bits per heavy atom. The molecule has 0 aromatic carbocycles. The first-order valence-electron chi connectivity index (χ1n) is 3.92. The van der Waals surface area contributed by atoms with Crippen molar-refractivity contribution in [2.45, 2.75) is 12.2 Å². The third kappa shape index (κ3) is 7.54. The summed E-state index contributed by atoms with van der Waals surface area (Å²) < 4.78 is 9.17. The Labute approximate surface area is 82.5 Å². The Morgan fingerprint density at radius 1 is 0.929 bits per heavy atom. The molecule has 0 rings (SSSR count). The fourth-order valence-corrected chi connectivity index (χ4v) is 1.12. The van der Waals surface area contributed by atoms with Crippen LogP contribution in [0.1, 0.15) is 0 Å². The lowest BCUT2D eigenvalue weighted by atomic mass is 10.4. The maximum Gasteiger partial charge on any atom is 0.330 e. The predicted octanol–water partition coefficient (Wildman–Crippen LogP) is -2.05. The lowest BCUT2D eigenvalue weighted by molar-refractivity contribution is 0.0280. The molecule has 0 amide bonds. The topological polar surface area (TPSA) is 120 Å². The number of rotatable bonds is 8. The van der Waals surface area contributed by atoms with E-state index in [1.807, 2.05) is 0 Å². The van der Waals surface area contributed by atoms with Crippen molar-refractivity contribution in [2.75, 3.05) is 26.4 Å². The Bertz CT molecular complexity index is 121. The molecular formula is C6H15O7P. The van der Waals surface area contributed by atoms with E-state index in [0.29, 0.717) is 0 Å². The molecule has 2 unspecified atom stereocenters. The first-order chi connectivity index (χ1) is 6.60. The maximum atomic E-state index is 8.97. The molecule has 2 atom stereocenters. The summed E-state index contributed by atoms with van der Waals surface area (Å²) in [6, 6.07) is 0. The zero-order chi connectivity index (χ0) is 11.0. The van der Waals surface area contributed by atoms with E-state index in [0.717, 1.165) is 0 Å². The molecule has 0 saturated carbocycles. The zero-order valence-corrected chi connectivity index (χ0v) is 8.38. The van der Waals surface area contributed by atoms with Gasteiger partial charge in [0.2, 0.25) is 0 Å². The summed E-state index contributed by atoms with van der Waals surface area (Å²) in [6.45, 7) is -1.45. The minimum Gasteiger partial charge on any atom is -0.394 e. The van der Waals surface area contributed by atoms with Crippen molar-refractivity contribution in [1.82, 2.24) is 0 Å². The van der Waals surface area contributed by atoms with Crippen molar-refractivity contribution in [1.29, 1.82) is 0 Å². The van der Waals surface area contributed by atoms with E-state index in [9.17, 15) is 0 Å². The summed E-state index contributed by atoms with van der Waals surface area (Å²) in [7, 11) is -2.20. The molecule has 0 spiro atoms. The molecule has 5 N–H and O–H groups in total. The molecule has 0 bridgehead atoms. The van der Waals surface area contributed by atoms with E-state index in [4.69, 9.17) is 25.3 Å². The summed E-state index contributed by atoms with van der Waals surface area (Å²) in [4.78, 5) is 8.97. The zero-order valence-electron chi connectivity index (χ0n) is 7.48. The monoisotopic (exact) mass is 230 g/mol. The summed E-state index contributed by atoms with van der Waals surface area (Å²) in [6.07, 6.45) is -2.14. The van der Waals surface area contributed by atoms with Gasteiger partial charge in [-0.1, -0.05) is 0 Å². The molecule has 0 radical (unpaired) electrons. The lowest BCUT2D eigenvalue weighted by Gasteiger charge is -2.14. The fraction of sp³-hybridized carbons (Fsp3) is 1.00. The van der Waals surface area contributed by atoms with Crippen molar-refractivity contribution >= 4 is 8.60 Å². The molecule has 7 nitrogen and oxygen atoms in total. The molecule has 0 saturated heterocycles. The second kappa shape index (κ2) is 8.46. The van der Waals surface area contributed by atoms with Crippen LogP contribution in [0.5, 0.6) is 0 Å². The van der Waals surface area contributed by atoms with Gasteiger partial charge in [-0.2, -0.15) is 0 Å². The molecular weight excluding hydrogens is 215 g/mol. The van der Waals surface area contributed by atoms with Crippen LogP contribution in [0.25, 0.3) is 0 Å². The molecule has 0 aliphatic rings. The minimum atomic E-state index is -2.20. The van der Waals surface area contributed by atoms with Crippen LogP contribution in [0.3, 0.4) is 0 Å². The molecule has 14 heavy (non-hydrogen) atoms. The van der Waals surface area contributed by atoms with Gasteiger partial charge in [-0.05, 0) is 0 Å². The van der Waals surface area contributed by atoms with Crippen LogP contribution >= 0.6 is 8.60 Å². The number of hydrogen-bond acceptors (Lipinski definition) is 7. The Kier molecular flexibility index (Phi) is 8.55. The van der Waals surface area contributed by atoms with Gasteiger partial charge in [-0.3, -0.25) is 0 Å². The molecule has 0 aromatic heterocycles. The second-order valence-electron chi connectivity index (χ2n) is 2.50. The molecule has 0 aliphatic carbocycles. The first-order valence-corrected chi connectivity index (χ1v) is 5.05. The van der Waals surface area contributed by atoms with Crippen LogP contribution in [-0.2, 0) is 9.05 Å². The van der Waals surface area contributed by atoms with E-state index < -0.39 is 34.0 Å². The van der Waals surface area contributed by atoms with Crippen LogP contribution in [0, 0.1) is 0 Å². The highest BCUT2D eigenvalue weighted by molar-refractivity contribution is 7.40. The van der Waals surface area contributed by atoms with Gasteiger partial charge in [-0.25, -0.2) is 0 Å². The lowest BCUT2D eigenvalue weighted by Crippen LogP contribution is -2.20. The third-order valence-electron chi connectivity index (χ3n) is 1.18. The Balaban J connectivity index is 3.40. The first kappa shape index (κ1) is 14.2. The molecule has 86 valence electrons. The van der Waals surface area contributed by atoms with Crippen LogP contribution in [0.4, 0.5) is 0 Å². The van der Waals surface area contributed by atoms with Crippen LogP contribution < -0.4 is 0 Å². The van der Waals surface area contributed by atoms with Crippen molar-refractivity contribution < 1.29 is 34.4 Å². The van der Waals surface area contributed by atoms with Gasteiger partial charge in [0.05, 0.1) is 26.4 Å². The fourth-order valence-electron chi connectivity index (χ4n) is 0.442. The number of aliphatic hydroxyl groups is 4. The smallest absolute Gasteiger partial charge is 0.330 e. The highest BCUT2D eigenvalue weighted by Gasteiger charge is 2.12. The highest BCUT2D eigenvalue weighted by atomic mass is 31.2. The number of hydrogen-bond donors (Lipinski definition) is 5. The Morgan fingerprint density at radius 3 is 1.57 bits per heavy atom. The van der Waals surface area contributed by atoms with Gasteiger partial charge in [0, 0.05) is 0 Å². The molecule has 0 heterocycles. The molecule has 0 aliphatic heterocycles. The van der Waals surface area contributed by atoms with Crippen molar-refractivity contribution in [3.05, 3.63) is 0 Å². The van der Waals surface area contributed by atoms with Crippen LogP contribution in [0.2, 0.25) is 0 Å². The predicted molar refractivity (Wildman–Crippen MR) is 47.2 cm³/mol. The summed E-state index contributed by atoms with van der Waals surface area (Å²) in [5.41, 5.74) is 0. The van der Waals surface area contributed by atoms with Crippen molar-refractivity contribution in [3.63, 3.8) is 0 Å². The van der Waals surface area contributed by atoms with Gasteiger partial charge >= 0.3 is 8.60 Å². The van der Waals surface area contributed by atoms with Crippen molar-refractivity contribution in [3.8, 4) is 0 Å². The van der Waals surface area contributed by atoms with Crippen LogP contribution in [0.15, 0.2) is 0 Å². The van der Waals surface area contributed by atoms with E-state index in [2.05, 4.69) is 9.05 Å². The van der Waals surface area contributed by atoms with Gasteiger partial charge < -0.3 is 34.4 Å². The van der Waals surface area contributed by atoms with Gasteiger partial charge in [0.15, 0.2) is 0 Å². The van der Waals surface area contributed by atoms with E-state index in [-0.39, 0.29) is 13.2 Å². The second-order valence-corrected chi connectivity index (χ2v) is 3.49. The minimum absolute atomic E-state index is 0.256. The highest BCUT2D eigenvalue weighted by Crippen LogP contribution is 2.32. The molecule has 8 heteroatoms. The van der Waals surface area contributed by atoms with Crippen molar-refractivity contribution in [2.24, 2.45) is 0 Å². The summed E-state index contributed by atoms with van der Waals surface area (Å²) in [5, 5.41) is 34.4. The standard InChI is InChI=1S/C6H15O7P/c7-1-5(9)3-12-14(11)13-4-6(10)2-8/h5-11H,1-4H2. The van der Waals surface area contributed by atoms with E-state index >= 15 is 0 Å². The van der Waals surface area contributed by atoms with E-state index in [1.54, 1.807) is 0 Å². The average molecular weight is 230 g/mol. The Hall–Kier alpha value is 0.150.